The van der Waals surface area contributed by atoms with Gasteiger partial charge in [0.25, 0.3) is 5.91 Å². The quantitative estimate of drug-likeness (QED) is 0.641. The van der Waals surface area contributed by atoms with Gasteiger partial charge in [0.2, 0.25) is 0 Å². The number of terminal acetylenes is 1. The molecule has 0 radical (unpaired) electrons. The second-order valence-electron chi connectivity index (χ2n) is 5.70. The molecule has 0 atom stereocenters. The number of hydrogen-bond donors (Lipinski definition) is 1. The summed E-state index contributed by atoms with van der Waals surface area (Å²) in [5.41, 5.74) is 1.23. The molecule has 0 saturated carbocycles. The number of nitrogens with one attached hydrogen (secondary N) is 1. The van der Waals surface area contributed by atoms with E-state index in [1.807, 2.05) is 12.1 Å². The molecule has 0 saturated heterocycles. The lowest BCUT2D eigenvalue weighted by Crippen LogP contribution is -2.30. The zero-order valence-corrected chi connectivity index (χ0v) is 13.1. The summed E-state index contributed by atoms with van der Waals surface area (Å²) in [5.74, 6) is 1.76. The van der Waals surface area contributed by atoms with Crippen molar-refractivity contribution in [2.45, 2.75) is 26.2 Å². The molecule has 1 N–H and O–H groups in total. The standard InChI is InChI=1S/C17H21NO4/c1-5-10-18-15(19)11-22-16(20)12-21-14-8-6-13(7-9-14)17(2,3)4/h1,6-9H,10-12H2,2-4H3,(H,18,19). The topological polar surface area (TPSA) is 64.6 Å². The predicted molar refractivity (Wildman–Crippen MR) is 83.4 cm³/mol. The van der Waals surface area contributed by atoms with Gasteiger partial charge in [0.05, 0.1) is 6.54 Å². The van der Waals surface area contributed by atoms with Gasteiger partial charge in [-0.05, 0) is 23.1 Å². The monoisotopic (exact) mass is 303 g/mol. The van der Waals surface area contributed by atoms with Crippen LogP contribution in [0.1, 0.15) is 26.3 Å². The molecule has 0 aromatic heterocycles. The van der Waals surface area contributed by atoms with Crippen LogP contribution in [0.25, 0.3) is 0 Å². The van der Waals surface area contributed by atoms with Gasteiger partial charge in [0, 0.05) is 0 Å². The maximum Gasteiger partial charge on any atom is 0.344 e. The SMILES string of the molecule is C#CCNC(=O)COC(=O)COc1ccc(C(C)(C)C)cc1. The van der Waals surface area contributed by atoms with E-state index in [4.69, 9.17) is 15.9 Å². The summed E-state index contributed by atoms with van der Waals surface area (Å²) < 4.78 is 10.1. The molecule has 0 spiro atoms. The Hall–Kier alpha value is -2.48. The molecule has 118 valence electrons. The van der Waals surface area contributed by atoms with Crippen LogP contribution >= 0.6 is 0 Å². The molecular weight excluding hydrogens is 282 g/mol. The van der Waals surface area contributed by atoms with Crippen molar-refractivity contribution in [2.75, 3.05) is 19.8 Å². The smallest absolute Gasteiger partial charge is 0.344 e. The van der Waals surface area contributed by atoms with Crippen molar-refractivity contribution in [1.82, 2.24) is 5.32 Å². The van der Waals surface area contributed by atoms with Crippen molar-refractivity contribution in [3.05, 3.63) is 29.8 Å². The van der Waals surface area contributed by atoms with E-state index in [2.05, 4.69) is 32.0 Å². The molecule has 1 aromatic rings. The van der Waals surface area contributed by atoms with Crippen LogP contribution in [0.4, 0.5) is 0 Å². The second-order valence-corrected chi connectivity index (χ2v) is 5.70. The first-order valence-electron chi connectivity index (χ1n) is 6.92. The lowest BCUT2D eigenvalue weighted by Gasteiger charge is -2.19. The highest BCUT2D eigenvalue weighted by atomic mass is 16.6. The van der Waals surface area contributed by atoms with E-state index in [1.165, 1.54) is 5.56 Å². The van der Waals surface area contributed by atoms with Crippen LogP contribution in [-0.2, 0) is 19.7 Å². The molecule has 1 rings (SSSR count). The fourth-order valence-electron chi connectivity index (χ4n) is 1.58. The Bertz CT molecular complexity index is 550. The van der Waals surface area contributed by atoms with Crippen LogP contribution in [0.2, 0.25) is 0 Å². The van der Waals surface area contributed by atoms with Crippen LogP contribution in [0, 0.1) is 12.3 Å². The average Bonchev–Trinajstić information content (AvgIpc) is 2.48. The molecule has 22 heavy (non-hydrogen) atoms. The maximum atomic E-state index is 11.5. The highest BCUT2D eigenvalue weighted by Crippen LogP contribution is 2.24. The van der Waals surface area contributed by atoms with E-state index in [-0.39, 0.29) is 25.2 Å². The van der Waals surface area contributed by atoms with Gasteiger partial charge < -0.3 is 14.8 Å². The summed E-state index contributed by atoms with van der Waals surface area (Å²) in [6.45, 7) is 5.83. The normalized spacial score (nSPS) is 10.5. The molecule has 0 fully saturated rings. The van der Waals surface area contributed by atoms with E-state index in [0.717, 1.165) is 0 Å². The van der Waals surface area contributed by atoms with Gasteiger partial charge in [-0.15, -0.1) is 6.42 Å². The Morgan fingerprint density at radius 1 is 1.18 bits per heavy atom. The summed E-state index contributed by atoms with van der Waals surface area (Å²) in [5, 5.41) is 2.39. The van der Waals surface area contributed by atoms with Crippen LogP contribution in [0.3, 0.4) is 0 Å². The lowest BCUT2D eigenvalue weighted by molar-refractivity contribution is -0.150. The molecule has 0 aliphatic rings. The molecular formula is C17H21NO4. The summed E-state index contributed by atoms with van der Waals surface area (Å²) >= 11 is 0. The molecule has 0 bridgehead atoms. The van der Waals surface area contributed by atoms with Gasteiger partial charge in [0.1, 0.15) is 5.75 Å². The number of benzene rings is 1. The average molecular weight is 303 g/mol. The van der Waals surface area contributed by atoms with Crippen molar-refractivity contribution < 1.29 is 19.1 Å². The number of esters is 1. The zero-order valence-electron chi connectivity index (χ0n) is 13.1. The Kier molecular flexibility index (Phi) is 6.46. The highest BCUT2D eigenvalue weighted by Gasteiger charge is 2.13. The predicted octanol–water partition coefficient (Wildman–Crippen LogP) is 1.66. The van der Waals surface area contributed by atoms with Crippen LogP contribution < -0.4 is 10.1 Å². The van der Waals surface area contributed by atoms with Crippen molar-refractivity contribution in [2.24, 2.45) is 0 Å². The summed E-state index contributed by atoms with van der Waals surface area (Å²) in [7, 11) is 0. The van der Waals surface area contributed by atoms with Gasteiger partial charge >= 0.3 is 5.97 Å². The summed E-state index contributed by atoms with van der Waals surface area (Å²) in [6, 6.07) is 7.50. The van der Waals surface area contributed by atoms with E-state index < -0.39 is 11.9 Å². The van der Waals surface area contributed by atoms with Crippen molar-refractivity contribution in [3.63, 3.8) is 0 Å². The highest BCUT2D eigenvalue weighted by molar-refractivity contribution is 5.81. The fraction of sp³-hybridized carbons (Fsp3) is 0.412. The number of carbonyl (C=O) groups is 2. The minimum atomic E-state index is -0.615. The third-order valence-corrected chi connectivity index (χ3v) is 2.83. The van der Waals surface area contributed by atoms with Crippen LogP contribution in [0.5, 0.6) is 5.75 Å². The number of rotatable bonds is 6. The lowest BCUT2D eigenvalue weighted by atomic mass is 9.87. The number of amides is 1. The third-order valence-electron chi connectivity index (χ3n) is 2.83. The van der Waals surface area contributed by atoms with Gasteiger partial charge in [-0.1, -0.05) is 38.8 Å². The first-order valence-corrected chi connectivity index (χ1v) is 6.92. The Balaban J connectivity index is 2.35. The maximum absolute atomic E-state index is 11.5. The number of ether oxygens (including phenoxy) is 2. The first-order chi connectivity index (χ1) is 10.3. The van der Waals surface area contributed by atoms with Crippen LogP contribution in [-0.4, -0.2) is 31.6 Å². The Morgan fingerprint density at radius 2 is 1.82 bits per heavy atom. The van der Waals surface area contributed by atoms with E-state index in [0.29, 0.717) is 5.75 Å². The molecule has 1 amide bonds. The number of hydrogen-bond acceptors (Lipinski definition) is 4. The molecule has 0 unspecified atom stereocenters. The van der Waals surface area contributed by atoms with Crippen molar-refractivity contribution in [3.8, 4) is 18.1 Å². The second kappa shape index (κ2) is 8.08. The van der Waals surface area contributed by atoms with Crippen LogP contribution in [0.15, 0.2) is 24.3 Å². The van der Waals surface area contributed by atoms with E-state index in [9.17, 15) is 9.59 Å². The Morgan fingerprint density at radius 3 is 2.36 bits per heavy atom. The van der Waals surface area contributed by atoms with Gasteiger partial charge in [-0.25, -0.2) is 4.79 Å². The fourth-order valence-corrected chi connectivity index (χ4v) is 1.58. The van der Waals surface area contributed by atoms with Gasteiger partial charge in [-0.3, -0.25) is 4.79 Å². The molecule has 0 aliphatic carbocycles. The minimum absolute atomic E-state index is 0.0587. The summed E-state index contributed by atoms with van der Waals surface area (Å²) in [6.07, 6.45) is 4.99. The van der Waals surface area contributed by atoms with Crippen molar-refractivity contribution in [1.29, 1.82) is 0 Å². The molecule has 1 aromatic carbocycles. The van der Waals surface area contributed by atoms with Gasteiger partial charge in [0.15, 0.2) is 13.2 Å². The molecule has 5 nitrogen and oxygen atoms in total. The van der Waals surface area contributed by atoms with E-state index in [1.54, 1.807) is 12.1 Å². The largest absolute Gasteiger partial charge is 0.482 e. The third kappa shape index (κ3) is 6.31. The molecule has 0 aliphatic heterocycles. The molecule has 0 heterocycles. The van der Waals surface area contributed by atoms with Gasteiger partial charge in [-0.2, -0.15) is 0 Å². The van der Waals surface area contributed by atoms with E-state index >= 15 is 0 Å². The minimum Gasteiger partial charge on any atom is -0.482 e. The number of carbonyl (C=O) groups excluding carboxylic acids is 2. The molecule has 5 heteroatoms. The summed E-state index contributed by atoms with van der Waals surface area (Å²) in [4.78, 5) is 22.6. The first kappa shape index (κ1) is 17.6. The zero-order chi connectivity index (χ0) is 16.6. The Labute approximate surface area is 131 Å². The van der Waals surface area contributed by atoms with Crippen molar-refractivity contribution >= 4 is 11.9 Å².